The molecule has 196 valence electrons. The van der Waals surface area contributed by atoms with Crippen LogP contribution in [-0.4, -0.2) is 44.7 Å². The minimum absolute atomic E-state index is 0.140. The molecule has 0 saturated carbocycles. The van der Waals surface area contributed by atoms with Gasteiger partial charge in [-0.3, -0.25) is 4.79 Å². The lowest BCUT2D eigenvalue weighted by molar-refractivity contribution is -0.136. The molecule has 1 unspecified atom stereocenters. The lowest BCUT2D eigenvalue weighted by Gasteiger charge is -2.26. The number of rotatable bonds is 9. The van der Waals surface area contributed by atoms with E-state index >= 15 is 0 Å². The van der Waals surface area contributed by atoms with Crippen LogP contribution in [0.25, 0.3) is 11.3 Å². The first-order valence-electron chi connectivity index (χ1n) is 10.8. The Bertz CT molecular complexity index is 1300. The Morgan fingerprint density at radius 3 is 2.58 bits per heavy atom. The molecule has 1 aliphatic heterocycles. The van der Waals surface area contributed by atoms with Crippen LogP contribution in [0.15, 0.2) is 42.0 Å². The molecule has 1 aromatic carbocycles. The normalized spacial score (nSPS) is 16.4. The van der Waals surface area contributed by atoms with Gasteiger partial charge in [-0.05, 0) is 49.2 Å². The van der Waals surface area contributed by atoms with Gasteiger partial charge in [0.1, 0.15) is 5.75 Å². The second-order valence-corrected chi connectivity index (χ2v) is 11.3. The van der Waals surface area contributed by atoms with Crippen LogP contribution >= 0.6 is 22.9 Å². The Morgan fingerprint density at radius 2 is 2.00 bits per heavy atom. The van der Waals surface area contributed by atoms with Crippen LogP contribution < -0.4 is 14.8 Å². The molecule has 1 atom stereocenters. The van der Waals surface area contributed by atoms with Gasteiger partial charge in [0, 0.05) is 33.0 Å². The van der Waals surface area contributed by atoms with Gasteiger partial charge in [-0.1, -0.05) is 18.5 Å². The molecule has 2 aromatic rings. The average Bonchev–Trinajstić information content (AvgIpc) is 3.23. The molecule has 1 amide bonds. The third-order valence-corrected chi connectivity index (χ3v) is 7.18. The van der Waals surface area contributed by atoms with Crippen molar-refractivity contribution in [3.8, 4) is 5.75 Å². The first-order chi connectivity index (χ1) is 16.8. The number of amides is 1. The summed E-state index contributed by atoms with van der Waals surface area (Å²) in [6, 6.07) is 8.18. The number of hydrogen-bond acceptors (Lipinski definition) is 7. The molecular formula is C23H24ClF3N2O5S2. The van der Waals surface area contributed by atoms with Crippen molar-refractivity contribution in [1.29, 1.82) is 0 Å². The van der Waals surface area contributed by atoms with Crippen LogP contribution in [0.5, 0.6) is 5.75 Å². The summed E-state index contributed by atoms with van der Waals surface area (Å²) in [6.07, 6.45) is -3.80. The Kier molecular flexibility index (Phi) is 8.75. The Balaban J connectivity index is 1.94. The van der Waals surface area contributed by atoms with E-state index < -0.39 is 34.8 Å². The van der Waals surface area contributed by atoms with Crippen LogP contribution in [0.4, 0.5) is 13.2 Å². The number of aliphatic hydroxyl groups is 1. The van der Waals surface area contributed by atoms with Crippen LogP contribution in [0, 0.1) is 0 Å². The zero-order valence-corrected chi connectivity index (χ0v) is 21.7. The van der Waals surface area contributed by atoms with Crippen LogP contribution in [-0.2, 0) is 21.2 Å². The Labute approximate surface area is 215 Å². The maximum Gasteiger partial charge on any atom is 0.389 e. The fourth-order valence-electron chi connectivity index (χ4n) is 3.44. The summed E-state index contributed by atoms with van der Waals surface area (Å²) in [5.74, 6) is -0.694. The molecule has 2 heterocycles. The molecule has 1 aliphatic rings. The molecule has 36 heavy (non-hydrogen) atoms. The van der Waals surface area contributed by atoms with E-state index in [9.17, 15) is 31.5 Å². The number of ether oxygens (including phenoxy) is 1. The van der Waals surface area contributed by atoms with Crippen molar-refractivity contribution in [2.24, 2.45) is 0 Å². The number of alkyl halides is 3. The van der Waals surface area contributed by atoms with E-state index in [0.29, 0.717) is 21.7 Å². The molecule has 0 aliphatic carbocycles. The van der Waals surface area contributed by atoms with Crippen molar-refractivity contribution < 1.29 is 36.2 Å². The molecule has 7 nitrogen and oxygen atoms in total. The third-order valence-electron chi connectivity index (χ3n) is 5.05. The number of carbonyl (C=O) groups excluding carboxylic acids is 1. The maximum atomic E-state index is 12.7. The quantitative estimate of drug-likeness (QED) is 0.388. The van der Waals surface area contributed by atoms with Crippen molar-refractivity contribution in [3.05, 3.63) is 62.3 Å². The highest BCUT2D eigenvalue weighted by atomic mass is 35.5. The van der Waals surface area contributed by atoms with Gasteiger partial charge in [0.25, 0.3) is 5.91 Å². The van der Waals surface area contributed by atoms with Crippen molar-refractivity contribution in [2.75, 3.05) is 12.9 Å². The number of nitrogens with one attached hydrogen (secondary N) is 2. The highest BCUT2D eigenvalue weighted by molar-refractivity contribution is 7.89. The number of allylic oxidation sites excluding steroid dienone is 2. The van der Waals surface area contributed by atoms with Gasteiger partial charge >= 0.3 is 6.18 Å². The van der Waals surface area contributed by atoms with E-state index in [1.54, 1.807) is 18.2 Å². The summed E-state index contributed by atoms with van der Waals surface area (Å²) in [6.45, 7) is 1.82. The summed E-state index contributed by atoms with van der Waals surface area (Å²) in [4.78, 5) is 14.4. The number of carbonyl (C=O) groups is 1. The maximum absolute atomic E-state index is 12.7. The zero-order valence-electron chi connectivity index (χ0n) is 19.3. The minimum Gasteiger partial charge on any atom is -0.494 e. The number of sulfonamides is 1. The number of halogens is 4. The van der Waals surface area contributed by atoms with Gasteiger partial charge in [-0.25, -0.2) is 13.1 Å². The van der Waals surface area contributed by atoms with E-state index in [4.69, 9.17) is 16.3 Å². The van der Waals surface area contributed by atoms with Crippen LogP contribution in [0.3, 0.4) is 0 Å². The van der Waals surface area contributed by atoms with Crippen LogP contribution in [0.2, 0.25) is 5.02 Å². The molecular weight excluding hydrogens is 541 g/mol. The highest BCUT2D eigenvalue weighted by Crippen LogP contribution is 2.36. The SMILES string of the molecule is CCc1ccc(C2=C(C(=O)NS(C)(=O)=O)C(O)NC(c3ccc(OCCCC(F)(F)F)cc3Cl)=C2)s1. The third kappa shape index (κ3) is 7.48. The fraction of sp³-hybridized carbons (Fsp3) is 0.348. The summed E-state index contributed by atoms with van der Waals surface area (Å²) < 4.78 is 67.4. The van der Waals surface area contributed by atoms with Crippen molar-refractivity contribution >= 4 is 50.1 Å². The highest BCUT2D eigenvalue weighted by Gasteiger charge is 2.31. The second-order valence-electron chi connectivity index (χ2n) is 7.96. The van der Waals surface area contributed by atoms with E-state index in [1.165, 1.54) is 23.5 Å². The standard InChI is InChI=1S/C23H24ClF3N2O5S2/c1-3-14-6-8-19(35-14)16-12-18(28-21(30)20(16)22(31)29-36(2,32)33)15-7-5-13(11-17(15)24)34-10-4-9-23(25,26)27/h5-8,11-12,21,28,30H,3-4,9-10H2,1-2H3,(H,29,31). The van der Waals surface area contributed by atoms with Gasteiger partial charge < -0.3 is 15.2 Å². The number of thiophene rings is 1. The monoisotopic (exact) mass is 564 g/mol. The molecule has 0 spiro atoms. The van der Waals surface area contributed by atoms with Gasteiger partial charge in [0.05, 0.1) is 23.5 Å². The van der Waals surface area contributed by atoms with E-state index in [2.05, 4.69) is 5.32 Å². The van der Waals surface area contributed by atoms with Crippen LogP contribution in [0.1, 0.15) is 35.1 Å². The molecule has 1 aromatic heterocycles. The van der Waals surface area contributed by atoms with Gasteiger partial charge in [-0.15, -0.1) is 11.3 Å². The fourth-order valence-corrected chi connectivity index (χ4v) is 5.14. The molecule has 0 radical (unpaired) electrons. The predicted molar refractivity (Wildman–Crippen MR) is 133 cm³/mol. The molecule has 13 heteroatoms. The number of hydrogen-bond donors (Lipinski definition) is 3. The lowest BCUT2D eigenvalue weighted by atomic mass is 9.97. The van der Waals surface area contributed by atoms with Gasteiger partial charge in [0.15, 0.2) is 6.23 Å². The molecule has 0 bridgehead atoms. The van der Waals surface area contributed by atoms with Gasteiger partial charge in [-0.2, -0.15) is 13.2 Å². The predicted octanol–water partition coefficient (Wildman–Crippen LogP) is 4.48. The molecule has 3 N–H and O–H groups in total. The zero-order chi connectivity index (χ0) is 26.7. The van der Waals surface area contributed by atoms with E-state index in [1.807, 2.05) is 17.7 Å². The largest absolute Gasteiger partial charge is 0.494 e. The number of benzene rings is 1. The lowest BCUT2D eigenvalue weighted by Crippen LogP contribution is -2.41. The molecule has 0 fully saturated rings. The summed E-state index contributed by atoms with van der Waals surface area (Å²) in [5.41, 5.74) is 0.944. The minimum atomic E-state index is -4.26. The van der Waals surface area contributed by atoms with E-state index in [-0.39, 0.29) is 29.4 Å². The first-order valence-corrected chi connectivity index (χ1v) is 13.9. The van der Waals surface area contributed by atoms with Crippen molar-refractivity contribution in [3.63, 3.8) is 0 Å². The van der Waals surface area contributed by atoms with Gasteiger partial charge in [0.2, 0.25) is 10.0 Å². The number of aliphatic hydroxyl groups excluding tert-OH is 1. The Morgan fingerprint density at radius 1 is 1.28 bits per heavy atom. The van der Waals surface area contributed by atoms with Crippen molar-refractivity contribution in [1.82, 2.24) is 10.0 Å². The second kappa shape index (κ2) is 11.2. The molecule has 0 saturated heterocycles. The smallest absolute Gasteiger partial charge is 0.389 e. The first kappa shape index (κ1) is 28.0. The topological polar surface area (TPSA) is 105 Å². The number of dihydropyridines is 1. The number of aryl methyl sites for hydroxylation is 1. The Hall–Kier alpha value is -2.54. The summed E-state index contributed by atoms with van der Waals surface area (Å²) in [5, 5.41) is 13.7. The molecule has 3 rings (SSSR count). The van der Waals surface area contributed by atoms with Crippen molar-refractivity contribution in [2.45, 2.75) is 38.6 Å². The average molecular weight is 565 g/mol. The van der Waals surface area contributed by atoms with E-state index in [0.717, 1.165) is 17.6 Å². The summed E-state index contributed by atoms with van der Waals surface area (Å²) >= 11 is 7.80. The summed E-state index contributed by atoms with van der Waals surface area (Å²) in [7, 11) is -3.88.